The minimum Gasteiger partial charge on any atom is -0.494 e. The fourth-order valence-electron chi connectivity index (χ4n) is 3.58. The molecule has 0 aliphatic rings. The maximum absolute atomic E-state index is 12.5. The normalized spacial score (nSPS) is 11.2. The second-order valence-electron chi connectivity index (χ2n) is 8.50. The molecular weight excluding hydrogens is 488 g/mol. The number of amides is 1. The Balaban J connectivity index is 1.57. The number of carbonyl (C=O) groups is 1. The van der Waals surface area contributed by atoms with Crippen LogP contribution in [0.15, 0.2) is 79.0 Å². The average Bonchev–Trinajstić information content (AvgIpc) is 2.87. The van der Waals surface area contributed by atoms with E-state index in [9.17, 15) is 4.79 Å². The zero-order chi connectivity index (χ0) is 26.2. The summed E-state index contributed by atoms with van der Waals surface area (Å²) in [5.41, 5.74) is 1.99. The van der Waals surface area contributed by atoms with Crippen LogP contribution in [0.3, 0.4) is 0 Å². The SMILES string of the molecule is CCOc1ccc(NC(=O)/C=C/CN(C)C)c(Nc2ncc(Cl)c(Nc3ccc4ccccc4c3)n2)c1. The summed E-state index contributed by atoms with van der Waals surface area (Å²) in [4.78, 5) is 23.3. The van der Waals surface area contributed by atoms with Gasteiger partial charge in [-0.1, -0.05) is 48.0 Å². The Morgan fingerprint density at radius 2 is 1.84 bits per heavy atom. The molecule has 0 aliphatic carbocycles. The summed E-state index contributed by atoms with van der Waals surface area (Å²) >= 11 is 6.40. The van der Waals surface area contributed by atoms with Crippen molar-refractivity contribution in [3.8, 4) is 5.75 Å². The number of aromatic nitrogens is 2. The smallest absolute Gasteiger partial charge is 0.248 e. The molecule has 1 heterocycles. The minimum atomic E-state index is -0.246. The van der Waals surface area contributed by atoms with Crippen molar-refractivity contribution >= 4 is 57.1 Å². The van der Waals surface area contributed by atoms with Crippen LogP contribution in [0.1, 0.15) is 6.92 Å². The van der Waals surface area contributed by atoms with E-state index in [2.05, 4.69) is 32.0 Å². The molecule has 0 atom stereocenters. The van der Waals surface area contributed by atoms with Crippen LogP contribution in [-0.2, 0) is 4.79 Å². The number of likely N-dealkylation sites (N-methyl/N-ethyl adjacent to an activating group) is 1. The highest BCUT2D eigenvalue weighted by atomic mass is 35.5. The second-order valence-corrected chi connectivity index (χ2v) is 8.90. The summed E-state index contributed by atoms with van der Waals surface area (Å²) < 4.78 is 5.65. The third-order valence-electron chi connectivity index (χ3n) is 5.30. The van der Waals surface area contributed by atoms with Crippen molar-refractivity contribution in [1.82, 2.24) is 14.9 Å². The lowest BCUT2D eigenvalue weighted by Crippen LogP contribution is -2.13. The van der Waals surface area contributed by atoms with Gasteiger partial charge in [-0.2, -0.15) is 4.98 Å². The number of carbonyl (C=O) groups excluding carboxylic acids is 1. The van der Waals surface area contributed by atoms with E-state index in [0.717, 1.165) is 16.5 Å². The number of benzene rings is 3. The third-order valence-corrected chi connectivity index (χ3v) is 5.58. The highest BCUT2D eigenvalue weighted by molar-refractivity contribution is 6.33. The van der Waals surface area contributed by atoms with Crippen molar-refractivity contribution in [3.05, 3.63) is 84.0 Å². The molecule has 3 N–H and O–H groups in total. The van der Waals surface area contributed by atoms with Crippen molar-refractivity contribution < 1.29 is 9.53 Å². The predicted molar refractivity (Wildman–Crippen MR) is 151 cm³/mol. The topological polar surface area (TPSA) is 91.4 Å². The first-order chi connectivity index (χ1) is 17.9. The summed E-state index contributed by atoms with van der Waals surface area (Å²) in [6.45, 7) is 3.08. The highest BCUT2D eigenvalue weighted by Crippen LogP contribution is 2.31. The van der Waals surface area contributed by atoms with Crippen molar-refractivity contribution in [3.63, 3.8) is 0 Å². The molecule has 3 aromatic carbocycles. The highest BCUT2D eigenvalue weighted by Gasteiger charge is 2.12. The van der Waals surface area contributed by atoms with Gasteiger partial charge in [-0.25, -0.2) is 4.98 Å². The van der Waals surface area contributed by atoms with Crippen molar-refractivity contribution in [2.45, 2.75) is 6.92 Å². The van der Waals surface area contributed by atoms with Crippen LogP contribution in [0.5, 0.6) is 5.75 Å². The molecule has 9 heteroatoms. The van der Waals surface area contributed by atoms with Crippen LogP contribution in [0, 0.1) is 0 Å². The molecule has 0 radical (unpaired) electrons. The Morgan fingerprint density at radius 1 is 1.03 bits per heavy atom. The standard InChI is InChI=1S/C28H29ClN6O2/c1-4-37-22-13-14-24(32-26(36)10-7-15-35(2)3)25(17-22)33-28-30-18-23(29)27(34-28)31-21-12-11-19-8-5-6-9-20(19)16-21/h5-14,16-18H,4,15H2,1-3H3,(H,32,36)(H2,30,31,33,34)/b10-7+. The van der Waals surface area contributed by atoms with Crippen LogP contribution in [0.2, 0.25) is 5.02 Å². The second kappa shape index (κ2) is 12.2. The number of nitrogens with zero attached hydrogens (tertiary/aromatic N) is 3. The number of ether oxygens (including phenoxy) is 1. The lowest BCUT2D eigenvalue weighted by molar-refractivity contribution is -0.111. The van der Waals surface area contributed by atoms with Crippen LogP contribution in [-0.4, -0.2) is 48.0 Å². The zero-order valence-corrected chi connectivity index (χ0v) is 21.7. The van der Waals surface area contributed by atoms with Gasteiger partial charge in [0.05, 0.1) is 24.2 Å². The van der Waals surface area contributed by atoms with Gasteiger partial charge >= 0.3 is 0 Å². The number of hydrogen-bond donors (Lipinski definition) is 3. The van der Waals surface area contributed by atoms with Gasteiger partial charge in [-0.05, 0) is 56.1 Å². The Bertz CT molecular complexity index is 1420. The Morgan fingerprint density at radius 3 is 2.62 bits per heavy atom. The van der Waals surface area contributed by atoms with E-state index >= 15 is 0 Å². The molecule has 0 bridgehead atoms. The van der Waals surface area contributed by atoms with Crippen LogP contribution < -0.4 is 20.7 Å². The monoisotopic (exact) mass is 516 g/mol. The van der Waals surface area contributed by atoms with Crippen molar-refractivity contribution in [2.75, 3.05) is 43.2 Å². The zero-order valence-electron chi connectivity index (χ0n) is 21.0. The van der Waals surface area contributed by atoms with E-state index in [0.29, 0.717) is 47.1 Å². The molecule has 0 unspecified atom stereocenters. The summed E-state index contributed by atoms with van der Waals surface area (Å²) in [6, 6.07) is 19.5. The number of nitrogens with one attached hydrogen (secondary N) is 3. The van der Waals surface area contributed by atoms with E-state index in [1.165, 1.54) is 12.3 Å². The van der Waals surface area contributed by atoms with Crippen molar-refractivity contribution in [2.24, 2.45) is 0 Å². The maximum Gasteiger partial charge on any atom is 0.248 e. The van der Waals surface area contributed by atoms with Gasteiger partial charge in [0.25, 0.3) is 0 Å². The Kier molecular flexibility index (Phi) is 8.56. The largest absolute Gasteiger partial charge is 0.494 e. The maximum atomic E-state index is 12.5. The van der Waals surface area contributed by atoms with E-state index in [-0.39, 0.29) is 5.91 Å². The molecule has 1 amide bonds. The van der Waals surface area contributed by atoms with Gasteiger partial charge in [0.15, 0.2) is 5.82 Å². The van der Waals surface area contributed by atoms with E-state index in [1.54, 1.807) is 24.3 Å². The number of anilines is 5. The Labute approximate surface area is 221 Å². The van der Waals surface area contributed by atoms with E-state index in [1.807, 2.05) is 62.3 Å². The van der Waals surface area contributed by atoms with Crippen LogP contribution in [0.4, 0.5) is 28.8 Å². The fourth-order valence-corrected chi connectivity index (χ4v) is 3.71. The number of hydrogen-bond acceptors (Lipinski definition) is 7. The number of halogens is 1. The quantitative estimate of drug-likeness (QED) is 0.215. The first-order valence-electron chi connectivity index (χ1n) is 11.9. The molecule has 0 fully saturated rings. The number of rotatable bonds is 10. The fraction of sp³-hybridized carbons (Fsp3) is 0.179. The van der Waals surface area contributed by atoms with Crippen LogP contribution >= 0.6 is 11.6 Å². The first kappa shape index (κ1) is 25.9. The molecule has 4 rings (SSSR count). The molecule has 4 aromatic rings. The van der Waals surface area contributed by atoms with Gasteiger partial charge in [0.1, 0.15) is 10.8 Å². The summed E-state index contributed by atoms with van der Waals surface area (Å²) in [7, 11) is 3.87. The molecule has 0 spiro atoms. The molecule has 8 nitrogen and oxygen atoms in total. The minimum absolute atomic E-state index is 0.246. The van der Waals surface area contributed by atoms with E-state index in [4.69, 9.17) is 16.3 Å². The van der Waals surface area contributed by atoms with Gasteiger partial charge in [-0.15, -0.1) is 0 Å². The molecule has 0 saturated carbocycles. The molecule has 37 heavy (non-hydrogen) atoms. The first-order valence-corrected chi connectivity index (χ1v) is 12.2. The Hall–Kier alpha value is -4.14. The summed E-state index contributed by atoms with van der Waals surface area (Å²) in [5.74, 6) is 1.16. The predicted octanol–water partition coefficient (Wildman–Crippen LogP) is 6.23. The molecule has 190 valence electrons. The molecule has 0 aliphatic heterocycles. The molecule has 1 aromatic heterocycles. The average molecular weight is 517 g/mol. The van der Waals surface area contributed by atoms with Gasteiger partial charge < -0.3 is 25.6 Å². The molecular formula is C28H29ClN6O2. The lowest BCUT2D eigenvalue weighted by atomic mass is 10.1. The number of fused-ring (bicyclic) bond motifs is 1. The van der Waals surface area contributed by atoms with Gasteiger partial charge in [-0.3, -0.25) is 4.79 Å². The summed E-state index contributed by atoms with van der Waals surface area (Å²) in [6.07, 6.45) is 4.82. The third kappa shape index (κ3) is 7.19. The lowest BCUT2D eigenvalue weighted by Gasteiger charge is -2.15. The van der Waals surface area contributed by atoms with Crippen LogP contribution in [0.25, 0.3) is 10.8 Å². The van der Waals surface area contributed by atoms with Crippen molar-refractivity contribution in [1.29, 1.82) is 0 Å². The van der Waals surface area contributed by atoms with Gasteiger partial charge in [0.2, 0.25) is 11.9 Å². The van der Waals surface area contributed by atoms with E-state index < -0.39 is 0 Å². The molecule has 0 saturated heterocycles. The summed E-state index contributed by atoms with van der Waals surface area (Å²) in [5, 5.41) is 12.0. The van der Waals surface area contributed by atoms with Gasteiger partial charge in [0, 0.05) is 24.4 Å².